The first kappa shape index (κ1) is 21.2. The Balaban J connectivity index is 1.28. The molecule has 2 heterocycles. The highest BCUT2D eigenvalue weighted by Crippen LogP contribution is 2.47. The largest absolute Gasteiger partial charge is 0.506 e. The topological polar surface area (TPSA) is 54.7 Å². The lowest BCUT2D eigenvalue weighted by molar-refractivity contribution is 0.330. The summed E-state index contributed by atoms with van der Waals surface area (Å²) in [6.07, 6.45) is 2.06. The number of phenols is 1. The van der Waals surface area contributed by atoms with Crippen LogP contribution in [-0.2, 0) is 12.8 Å². The molecule has 0 radical (unpaired) electrons. The summed E-state index contributed by atoms with van der Waals surface area (Å²) >= 11 is 1.90. The van der Waals surface area contributed by atoms with Gasteiger partial charge in [0, 0.05) is 22.3 Å². The Bertz CT molecular complexity index is 1430. The Morgan fingerprint density at radius 3 is 2.65 bits per heavy atom. The van der Waals surface area contributed by atoms with Crippen molar-refractivity contribution in [3.05, 3.63) is 95.6 Å². The number of nitrogens with zero attached hydrogens (tertiary/aromatic N) is 2. The number of pyridine rings is 1. The smallest absolute Gasteiger partial charge is 0.219 e. The predicted molar refractivity (Wildman–Crippen MR) is 139 cm³/mol. The molecule has 1 aliphatic carbocycles. The van der Waals surface area contributed by atoms with Gasteiger partial charge in [0.15, 0.2) is 0 Å². The first-order valence-electron chi connectivity index (χ1n) is 11.6. The van der Waals surface area contributed by atoms with Crippen molar-refractivity contribution in [3.8, 4) is 17.4 Å². The van der Waals surface area contributed by atoms with E-state index in [4.69, 9.17) is 9.73 Å². The second-order valence-electron chi connectivity index (χ2n) is 9.81. The van der Waals surface area contributed by atoms with Gasteiger partial charge in [0.25, 0.3) is 0 Å². The van der Waals surface area contributed by atoms with Crippen LogP contribution in [0.25, 0.3) is 10.9 Å². The number of phenolic OH excluding ortho intramolecular Hbond substituents is 1. The highest BCUT2D eigenvalue weighted by Gasteiger charge is 2.43. The van der Waals surface area contributed by atoms with Crippen LogP contribution in [-0.4, -0.2) is 26.4 Å². The fourth-order valence-electron chi connectivity index (χ4n) is 5.15. The molecule has 4 nitrogen and oxygen atoms in total. The van der Waals surface area contributed by atoms with E-state index in [0.717, 1.165) is 28.8 Å². The zero-order valence-electron chi connectivity index (χ0n) is 19.2. The molecule has 1 N–H and O–H groups in total. The van der Waals surface area contributed by atoms with Crippen molar-refractivity contribution in [2.75, 3.05) is 0 Å². The SMILES string of the molecule is CC1(C)Cc2ccccc2C[C@@H]2N=C(c3cccc(Oc4ccc5cccc(O)c5n4)c3)S[C@@H]21. The third kappa shape index (κ3) is 3.84. The highest BCUT2D eigenvalue weighted by molar-refractivity contribution is 8.15. The number of aliphatic imine (C=N–C) groups is 1. The van der Waals surface area contributed by atoms with E-state index >= 15 is 0 Å². The molecule has 0 saturated carbocycles. The number of rotatable bonds is 3. The molecule has 0 fully saturated rings. The number of thioether (sulfide) groups is 1. The number of aromatic hydroxyl groups is 1. The van der Waals surface area contributed by atoms with Crippen molar-refractivity contribution in [3.63, 3.8) is 0 Å². The summed E-state index contributed by atoms with van der Waals surface area (Å²) in [7, 11) is 0. The molecule has 0 spiro atoms. The number of para-hydroxylation sites is 1. The van der Waals surface area contributed by atoms with Crippen molar-refractivity contribution >= 4 is 27.7 Å². The molecule has 5 heteroatoms. The van der Waals surface area contributed by atoms with Crippen LogP contribution in [0.3, 0.4) is 0 Å². The van der Waals surface area contributed by atoms with E-state index in [0.29, 0.717) is 22.4 Å². The van der Waals surface area contributed by atoms with Gasteiger partial charge < -0.3 is 9.84 Å². The minimum absolute atomic E-state index is 0.149. The van der Waals surface area contributed by atoms with Gasteiger partial charge in [-0.3, -0.25) is 4.99 Å². The van der Waals surface area contributed by atoms with Gasteiger partial charge >= 0.3 is 0 Å². The van der Waals surface area contributed by atoms with E-state index in [1.54, 1.807) is 6.07 Å². The lowest BCUT2D eigenvalue weighted by atomic mass is 9.82. The van der Waals surface area contributed by atoms with Crippen LogP contribution >= 0.6 is 11.8 Å². The van der Waals surface area contributed by atoms with Crippen LogP contribution in [0.5, 0.6) is 17.4 Å². The van der Waals surface area contributed by atoms with E-state index < -0.39 is 0 Å². The summed E-state index contributed by atoms with van der Waals surface area (Å²) in [4.78, 5) is 9.71. The van der Waals surface area contributed by atoms with Gasteiger partial charge in [0.1, 0.15) is 17.0 Å². The minimum Gasteiger partial charge on any atom is -0.506 e. The molecular formula is C29H26N2O2S. The Morgan fingerprint density at radius 1 is 0.941 bits per heavy atom. The van der Waals surface area contributed by atoms with Gasteiger partial charge in [0.2, 0.25) is 5.88 Å². The number of aromatic nitrogens is 1. The van der Waals surface area contributed by atoms with Crippen molar-refractivity contribution in [2.24, 2.45) is 10.4 Å². The Kier molecular flexibility index (Phi) is 5.10. The Labute approximate surface area is 203 Å². The molecular weight excluding hydrogens is 440 g/mol. The number of fused-ring (bicyclic) bond motifs is 3. The molecule has 3 aromatic carbocycles. The van der Waals surface area contributed by atoms with Crippen LogP contribution in [0.4, 0.5) is 0 Å². The first-order valence-corrected chi connectivity index (χ1v) is 12.5. The molecule has 1 aromatic heterocycles. The molecule has 1 aliphatic heterocycles. The summed E-state index contributed by atoms with van der Waals surface area (Å²) in [6, 6.07) is 26.3. The Hall–Kier alpha value is -3.31. The fraction of sp³-hybridized carbons (Fsp3) is 0.241. The molecule has 34 heavy (non-hydrogen) atoms. The van der Waals surface area contributed by atoms with Crippen LogP contribution < -0.4 is 4.74 Å². The summed E-state index contributed by atoms with van der Waals surface area (Å²) < 4.78 is 6.08. The molecule has 0 saturated heterocycles. The molecule has 2 atom stereocenters. The van der Waals surface area contributed by atoms with E-state index in [1.165, 1.54) is 11.1 Å². The zero-order chi connectivity index (χ0) is 23.3. The van der Waals surface area contributed by atoms with Crippen molar-refractivity contribution < 1.29 is 9.84 Å². The maximum Gasteiger partial charge on any atom is 0.219 e. The minimum atomic E-state index is 0.149. The van der Waals surface area contributed by atoms with Gasteiger partial charge in [-0.25, -0.2) is 4.98 Å². The summed E-state index contributed by atoms with van der Waals surface area (Å²) in [5.74, 6) is 1.31. The standard InChI is InChI=1S/C29H26N2O2S/c1-29(2)17-21-8-4-3-7-19(21)16-23-27(29)34-28(30-23)20-10-5-11-22(15-20)33-25-14-13-18-9-6-12-24(32)26(18)31-25/h3-15,23,27,32H,16-17H2,1-2H3/t23-,27-/m0/s1. The molecule has 0 amide bonds. The third-order valence-electron chi connectivity index (χ3n) is 6.81. The van der Waals surface area contributed by atoms with E-state index in [9.17, 15) is 5.11 Å². The van der Waals surface area contributed by atoms with Crippen molar-refractivity contribution in [2.45, 2.75) is 38.0 Å². The van der Waals surface area contributed by atoms with Crippen LogP contribution in [0, 0.1) is 5.41 Å². The van der Waals surface area contributed by atoms with Gasteiger partial charge in [-0.2, -0.15) is 0 Å². The summed E-state index contributed by atoms with van der Waals surface area (Å²) in [5.41, 5.74) is 4.65. The second kappa shape index (κ2) is 8.17. The van der Waals surface area contributed by atoms with Crippen LogP contribution in [0.15, 0.2) is 83.9 Å². The van der Waals surface area contributed by atoms with Gasteiger partial charge in [-0.05, 0) is 53.6 Å². The average Bonchev–Trinajstić information content (AvgIpc) is 3.22. The van der Waals surface area contributed by atoms with Crippen LogP contribution in [0.2, 0.25) is 0 Å². The molecule has 170 valence electrons. The maximum absolute atomic E-state index is 10.1. The number of benzene rings is 3. The normalized spacial score (nSPS) is 20.8. The van der Waals surface area contributed by atoms with Crippen molar-refractivity contribution in [1.82, 2.24) is 4.98 Å². The molecule has 0 bridgehead atoms. The lowest BCUT2D eigenvalue weighted by Gasteiger charge is -2.32. The van der Waals surface area contributed by atoms with E-state index in [-0.39, 0.29) is 17.2 Å². The predicted octanol–water partition coefficient (Wildman–Crippen LogP) is 6.79. The summed E-state index contributed by atoms with van der Waals surface area (Å²) in [5, 5.41) is 12.5. The number of hydrogen-bond donors (Lipinski definition) is 1. The monoisotopic (exact) mass is 466 g/mol. The first-order chi connectivity index (χ1) is 16.5. The average molecular weight is 467 g/mol. The van der Waals surface area contributed by atoms with Crippen LogP contribution in [0.1, 0.15) is 30.5 Å². The number of hydrogen-bond acceptors (Lipinski definition) is 5. The lowest BCUT2D eigenvalue weighted by Crippen LogP contribution is -2.34. The quantitative estimate of drug-likeness (QED) is 0.361. The molecule has 0 unspecified atom stereocenters. The fourth-order valence-corrected chi connectivity index (χ4v) is 6.57. The van der Waals surface area contributed by atoms with Gasteiger partial charge in [-0.1, -0.05) is 62.4 Å². The second-order valence-corrected chi connectivity index (χ2v) is 10.9. The van der Waals surface area contributed by atoms with E-state index in [1.807, 2.05) is 54.2 Å². The highest BCUT2D eigenvalue weighted by atomic mass is 32.2. The number of ether oxygens (including phenoxy) is 1. The zero-order valence-corrected chi connectivity index (χ0v) is 20.0. The molecule has 4 aromatic rings. The third-order valence-corrected chi connectivity index (χ3v) is 8.58. The van der Waals surface area contributed by atoms with Crippen molar-refractivity contribution in [1.29, 1.82) is 0 Å². The summed E-state index contributed by atoms with van der Waals surface area (Å²) in [6.45, 7) is 4.75. The van der Waals surface area contributed by atoms with Gasteiger partial charge in [0.05, 0.1) is 11.1 Å². The maximum atomic E-state index is 10.1. The van der Waals surface area contributed by atoms with Gasteiger partial charge in [-0.15, -0.1) is 11.8 Å². The van der Waals surface area contributed by atoms with E-state index in [2.05, 4.69) is 49.2 Å². The molecule has 6 rings (SSSR count). The molecule has 2 aliphatic rings. The Morgan fingerprint density at radius 2 is 1.76 bits per heavy atom.